The first-order valence-corrected chi connectivity index (χ1v) is 23.2. The molecular weight excluding hydrogens is 829 g/mol. The molecule has 11 aromatic carbocycles. The molecule has 0 aliphatic carbocycles. The molecule has 1 atom stereocenters. The third kappa shape index (κ3) is 6.10. The number of aliphatic imine (C=N–C) groups is 2. The Morgan fingerprint density at radius 1 is 0.412 bits per heavy atom. The Bertz CT molecular complexity index is 4140. The number of nitrogens with zero attached hydrogens (tertiary/aromatic N) is 3. The van der Waals surface area contributed by atoms with Gasteiger partial charge in [0.2, 0.25) is 0 Å². The minimum absolute atomic E-state index is 0.494. The van der Waals surface area contributed by atoms with Crippen LogP contribution in [0.5, 0.6) is 0 Å². The van der Waals surface area contributed by atoms with E-state index in [1.807, 2.05) is 6.07 Å². The van der Waals surface area contributed by atoms with Crippen molar-refractivity contribution in [2.45, 2.75) is 6.17 Å². The Balaban J connectivity index is 1.11. The van der Waals surface area contributed by atoms with E-state index >= 15 is 0 Å². The van der Waals surface area contributed by atoms with Gasteiger partial charge in [0.15, 0.2) is 5.84 Å². The summed E-state index contributed by atoms with van der Waals surface area (Å²) in [6, 6.07) is 82.3. The number of hydrogen-bond acceptors (Lipinski definition) is 4. The van der Waals surface area contributed by atoms with Gasteiger partial charge in [0.05, 0.1) is 22.3 Å². The Morgan fingerprint density at radius 2 is 0.926 bits per heavy atom. The molecule has 0 radical (unpaired) electrons. The van der Waals surface area contributed by atoms with E-state index in [0.717, 1.165) is 88.4 Å². The predicted octanol–water partition coefficient (Wildman–Crippen LogP) is 16.0. The molecular formula is C63H40N4O. The van der Waals surface area contributed by atoms with Gasteiger partial charge in [-0.05, 0) is 97.2 Å². The molecule has 0 spiro atoms. The van der Waals surface area contributed by atoms with Gasteiger partial charge in [-0.15, -0.1) is 0 Å². The highest BCUT2D eigenvalue weighted by atomic mass is 16.3. The van der Waals surface area contributed by atoms with Crippen LogP contribution in [0.15, 0.2) is 245 Å². The third-order valence-electron chi connectivity index (χ3n) is 13.8. The molecule has 14 rings (SSSR count). The molecule has 0 fully saturated rings. The number of nitrogens with one attached hydrogen (secondary N) is 1. The first kappa shape index (κ1) is 38.2. The summed E-state index contributed by atoms with van der Waals surface area (Å²) in [7, 11) is 0. The Morgan fingerprint density at radius 3 is 1.59 bits per heavy atom. The summed E-state index contributed by atoms with van der Waals surface area (Å²) in [4.78, 5) is 11.1. The third-order valence-corrected chi connectivity index (χ3v) is 13.8. The smallest absolute Gasteiger partial charge is 0.159 e. The molecule has 68 heavy (non-hydrogen) atoms. The Labute approximate surface area is 391 Å². The maximum Gasteiger partial charge on any atom is 0.159 e. The van der Waals surface area contributed by atoms with Crippen LogP contribution in [0.25, 0.3) is 104 Å². The van der Waals surface area contributed by atoms with Crippen molar-refractivity contribution in [3.63, 3.8) is 0 Å². The zero-order valence-corrected chi connectivity index (χ0v) is 36.8. The summed E-state index contributed by atoms with van der Waals surface area (Å²) in [6.07, 6.45) is -0.494. The van der Waals surface area contributed by atoms with Crippen LogP contribution in [0.2, 0.25) is 0 Å². The summed E-state index contributed by atoms with van der Waals surface area (Å²) in [5, 5.41) is 15.3. The SMILES string of the molecule is c1ccc(-c2cccc(C3=NC(c4cccc(-c5ccccc5)c4)NC(c4c(-n5c6cc7ccccc7cc6c6cc7ccccc7cc65)c5ccccc5c5c4oc4ccccc45)=N3)c2)cc1. The molecule has 13 aromatic rings. The fraction of sp³-hybridized carbons (Fsp3) is 0.0159. The van der Waals surface area contributed by atoms with Gasteiger partial charge < -0.3 is 14.3 Å². The monoisotopic (exact) mass is 868 g/mol. The minimum atomic E-state index is -0.494. The topological polar surface area (TPSA) is 54.8 Å². The number of furan rings is 1. The number of aromatic nitrogens is 1. The molecule has 2 aromatic heterocycles. The largest absolute Gasteiger partial charge is 0.455 e. The van der Waals surface area contributed by atoms with Crippen LogP contribution in [0.4, 0.5) is 0 Å². The van der Waals surface area contributed by atoms with Crippen LogP contribution in [-0.4, -0.2) is 16.2 Å². The van der Waals surface area contributed by atoms with Crippen molar-refractivity contribution >= 4 is 87.7 Å². The second kappa shape index (κ2) is 15.3. The summed E-state index contributed by atoms with van der Waals surface area (Å²) in [5.74, 6) is 1.31. The van der Waals surface area contributed by atoms with Gasteiger partial charge in [-0.25, -0.2) is 9.98 Å². The average molecular weight is 869 g/mol. The van der Waals surface area contributed by atoms with E-state index < -0.39 is 6.17 Å². The van der Waals surface area contributed by atoms with E-state index in [1.54, 1.807) is 0 Å². The van der Waals surface area contributed by atoms with Gasteiger partial charge in [-0.3, -0.25) is 0 Å². The molecule has 3 heterocycles. The Kier molecular flexibility index (Phi) is 8.58. The molecule has 1 aliphatic heterocycles. The molecule has 0 amide bonds. The molecule has 0 bridgehead atoms. The Hall–Kier alpha value is -9.06. The van der Waals surface area contributed by atoms with Crippen LogP contribution in [0.1, 0.15) is 22.9 Å². The van der Waals surface area contributed by atoms with Gasteiger partial charge in [0.1, 0.15) is 23.2 Å². The van der Waals surface area contributed by atoms with Gasteiger partial charge in [-0.2, -0.15) is 0 Å². The normalized spacial score (nSPS) is 14.0. The molecule has 0 saturated carbocycles. The number of para-hydroxylation sites is 1. The standard InChI is InChI=1S/C63H40N4O/c1-3-17-39(18-4-1)41-25-15-27-47(33-41)61-64-62(48-28-16-26-42(34-48)40-19-5-2-6-20-40)66-63(65-61)58-59(50-30-12-11-29-49(50)57-51-31-13-14-32-56(51)68-60(57)58)67-54-37-45-23-9-7-21-43(45)35-52(54)53-36-44-22-8-10-24-46(44)38-55(53)67/h1-38,61H,(H,64,65,66). The van der Waals surface area contributed by atoms with Crippen LogP contribution < -0.4 is 5.32 Å². The fourth-order valence-electron chi connectivity index (χ4n) is 10.6. The maximum absolute atomic E-state index is 7.21. The minimum Gasteiger partial charge on any atom is -0.455 e. The van der Waals surface area contributed by atoms with E-state index in [1.165, 1.54) is 32.3 Å². The van der Waals surface area contributed by atoms with Gasteiger partial charge >= 0.3 is 0 Å². The van der Waals surface area contributed by atoms with Crippen molar-refractivity contribution in [2.75, 3.05) is 0 Å². The van der Waals surface area contributed by atoms with E-state index in [2.05, 4.69) is 234 Å². The molecule has 5 nitrogen and oxygen atoms in total. The van der Waals surface area contributed by atoms with Crippen molar-refractivity contribution in [3.8, 4) is 27.9 Å². The summed E-state index contributed by atoms with van der Waals surface area (Å²) in [5.41, 5.74) is 12.1. The van der Waals surface area contributed by atoms with Crippen LogP contribution in [-0.2, 0) is 0 Å². The van der Waals surface area contributed by atoms with Crippen molar-refractivity contribution in [1.82, 2.24) is 9.88 Å². The zero-order chi connectivity index (χ0) is 44.7. The molecule has 318 valence electrons. The van der Waals surface area contributed by atoms with E-state index in [9.17, 15) is 0 Å². The van der Waals surface area contributed by atoms with Gasteiger partial charge in [-0.1, -0.05) is 188 Å². The van der Waals surface area contributed by atoms with Crippen molar-refractivity contribution in [1.29, 1.82) is 0 Å². The lowest BCUT2D eigenvalue weighted by Crippen LogP contribution is -2.34. The highest BCUT2D eigenvalue weighted by molar-refractivity contribution is 6.30. The number of amidine groups is 2. The molecule has 1 N–H and O–H groups in total. The first-order valence-electron chi connectivity index (χ1n) is 23.2. The van der Waals surface area contributed by atoms with Crippen molar-refractivity contribution in [2.24, 2.45) is 9.98 Å². The van der Waals surface area contributed by atoms with Crippen molar-refractivity contribution < 1.29 is 4.42 Å². The molecule has 1 aliphatic rings. The number of rotatable bonds is 6. The summed E-state index contributed by atoms with van der Waals surface area (Å²) < 4.78 is 9.69. The van der Waals surface area contributed by atoms with Gasteiger partial charge in [0.25, 0.3) is 0 Å². The maximum atomic E-state index is 7.21. The number of hydrogen-bond donors (Lipinski definition) is 1. The predicted molar refractivity (Wildman–Crippen MR) is 283 cm³/mol. The number of benzene rings is 11. The fourth-order valence-corrected chi connectivity index (χ4v) is 10.6. The zero-order valence-electron chi connectivity index (χ0n) is 36.8. The second-order valence-corrected chi connectivity index (χ2v) is 17.7. The van der Waals surface area contributed by atoms with E-state index in [-0.39, 0.29) is 0 Å². The number of fused-ring (bicyclic) bond motifs is 10. The summed E-state index contributed by atoms with van der Waals surface area (Å²) >= 11 is 0. The van der Waals surface area contributed by atoms with Crippen LogP contribution >= 0.6 is 0 Å². The van der Waals surface area contributed by atoms with Crippen LogP contribution in [0.3, 0.4) is 0 Å². The molecule has 5 heteroatoms. The quantitative estimate of drug-likeness (QED) is 0.181. The summed E-state index contributed by atoms with van der Waals surface area (Å²) in [6.45, 7) is 0. The molecule has 0 saturated heterocycles. The molecule has 1 unspecified atom stereocenters. The average Bonchev–Trinajstić information content (AvgIpc) is 3.94. The lowest BCUT2D eigenvalue weighted by molar-refractivity contribution is 0.659. The van der Waals surface area contributed by atoms with Crippen LogP contribution in [0, 0.1) is 0 Å². The highest BCUT2D eigenvalue weighted by Crippen LogP contribution is 2.46. The van der Waals surface area contributed by atoms with Crippen molar-refractivity contribution in [3.05, 3.63) is 247 Å². The highest BCUT2D eigenvalue weighted by Gasteiger charge is 2.31. The van der Waals surface area contributed by atoms with E-state index in [0.29, 0.717) is 11.7 Å². The second-order valence-electron chi connectivity index (χ2n) is 17.7. The lowest BCUT2D eigenvalue weighted by atomic mass is 9.95. The van der Waals surface area contributed by atoms with Gasteiger partial charge in [0, 0.05) is 32.5 Å². The lowest BCUT2D eigenvalue weighted by Gasteiger charge is -2.26. The van der Waals surface area contributed by atoms with E-state index in [4.69, 9.17) is 14.4 Å². The first-order chi connectivity index (χ1) is 33.7.